The highest BCUT2D eigenvalue weighted by Gasteiger charge is 2.39. The lowest BCUT2D eigenvalue weighted by atomic mass is 9.97. The largest absolute Gasteiger partial charge is 0.462 e. The average molecular weight is 564 g/mol. The predicted molar refractivity (Wildman–Crippen MR) is 139 cm³/mol. The number of rotatable bonds is 12. The summed E-state index contributed by atoms with van der Waals surface area (Å²) in [7, 11) is -4.01. The SMILES string of the molecule is CC(C)OC(=O)C(C)NP(=O)(OCCSC(=O)C(C)(C)C)OCC1CO[C@@H](n2ccc(=O)[nH]c2=O)[C@H]1C. The smallest absolute Gasteiger partial charge is 0.406 e. The van der Waals surface area contributed by atoms with Gasteiger partial charge in [-0.3, -0.25) is 33.0 Å². The van der Waals surface area contributed by atoms with Gasteiger partial charge in [-0.2, -0.15) is 0 Å². The lowest BCUT2D eigenvalue weighted by Crippen LogP contribution is -2.36. The van der Waals surface area contributed by atoms with E-state index in [9.17, 15) is 23.7 Å². The molecule has 0 saturated carbocycles. The molecule has 2 N–H and O–H groups in total. The van der Waals surface area contributed by atoms with Crippen molar-refractivity contribution in [2.24, 2.45) is 17.3 Å². The van der Waals surface area contributed by atoms with Crippen LogP contribution in [0.5, 0.6) is 0 Å². The number of nitrogens with one attached hydrogen (secondary N) is 2. The minimum absolute atomic E-state index is 0.0332. The Kier molecular flexibility index (Phi) is 11.3. The number of hydrogen-bond acceptors (Lipinski definition) is 10. The van der Waals surface area contributed by atoms with E-state index in [0.29, 0.717) is 0 Å². The number of nitrogens with zero attached hydrogens (tertiary/aromatic N) is 1. The molecule has 210 valence electrons. The van der Waals surface area contributed by atoms with Gasteiger partial charge in [0, 0.05) is 35.3 Å². The molecule has 0 bridgehead atoms. The fourth-order valence-corrected chi connectivity index (χ4v) is 5.79. The van der Waals surface area contributed by atoms with Crippen molar-refractivity contribution < 1.29 is 32.7 Å². The quantitative estimate of drug-likeness (QED) is 0.219. The van der Waals surface area contributed by atoms with Gasteiger partial charge in [0.05, 0.1) is 25.9 Å². The van der Waals surface area contributed by atoms with E-state index in [1.165, 1.54) is 23.8 Å². The number of H-pyrrole nitrogens is 1. The molecule has 1 saturated heterocycles. The second-order valence-electron chi connectivity index (χ2n) is 10.2. The molecule has 2 rings (SSSR count). The van der Waals surface area contributed by atoms with Gasteiger partial charge < -0.3 is 9.47 Å². The summed E-state index contributed by atoms with van der Waals surface area (Å²) >= 11 is 1.06. The lowest BCUT2D eigenvalue weighted by Gasteiger charge is -2.25. The Bertz CT molecular complexity index is 1100. The van der Waals surface area contributed by atoms with Gasteiger partial charge in [-0.25, -0.2) is 14.4 Å². The van der Waals surface area contributed by atoms with E-state index < -0.39 is 42.6 Å². The third kappa shape index (κ3) is 9.49. The van der Waals surface area contributed by atoms with E-state index >= 15 is 0 Å². The summed E-state index contributed by atoms with van der Waals surface area (Å²) in [5.74, 6) is -0.872. The van der Waals surface area contributed by atoms with E-state index in [-0.39, 0.29) is 48.6 Å². The zero-order chi connectivity index (χ0) is 28.0. The van der Waals surface area contributed by atoms with Crippen molar-refractivity contribution in [3.05, 3.63) is 33.1 Å². The van der Waals surface area contributed by atoms with Crippen molar-refractivity contribution in [1.29, 1.82) is 0 Å². The fraction of sp³-hybridized carbons (Fsp3) is 0.739. The highest BCUT2D eigenvalue weighted by Crippen LogP contribution is 2.46. The number of esters is 1. The van der Waals surface area contributed by atoms with Gasteiger partial charge >= 0.3 is 19.4 Å². The highest BCUT2D eigenvalue weighted by atomic mass is 32.2. The van der Waals surface area contributed by atoms with E-state index in [4.69, 9.17) is 18.5 Å². The molecule has 12 nitrogen and oxygen atoms in total. The molecule has 0 radical (unpaired) electrons. The fourth-order valence-electron chi connectivity index (χ4n) is 3.36. The molecule has 5 atom stereocenters. The van der Waals surface area contributed by atoms with Crippen LogP contribution >= 0.6 is 19.5 Å². The first-order chi connectivity index (χ1) is 17.1. The Morgan fingerprint density at radius 2 is 1.95 bits per heavy atom. The maximum atomic E-state index is 13.6. The second-order valence-corrected chi connectivity index (χ2v) is 13.0. The Balaban J connectivity index is 2.06. The average Bonchev–Trinajstić information content (AvgIpc) is 3.14. The number of hydrogen-bond donors (Lipinski definition) is 2. The van der Waals surface area contributed by atoms with E-state index in [1.54, 1.807) is 34.6 Å². The first kappa shape index (κ1) is 31.5. The van der Waals surface area contributed by atoms with Gasteiger partial charge in [-0.15, -0.1) is 0 Å². The zero-order valence-electron chi connectivity index (χ0n) is 22.3. The van der Waals surface area contributed by atoms with Crippen molar-refractivity contribution in [2.45, 2.75) is 66.8 Å². The number of ether oxygens (including phenoxy) is 2. The summed E-state index contributed by atoms with van der Waals surface area (Å²) in [5, 5.41) is 2.59. The van der Waals surface area contributed by atoms with Crippen molar-refractivity contribution in [2.75, 3.05) is 25.6 Å². The summed E-state index contributed by atoms with van der Waals surface area (Å²) in [6.07, 6.45) is 0.355. The van der Waals surface area contributed by atoms with Gasteiger partial charge in [0.25, 0.3) is 5.56 Å². The molecule has 2 heterocycles. The normalized spacial score (nSPS) is 22.5. The monoisotopic (exact) mass is 563 g/mol. The van der Waals surface area contributed by atoms with Gasteiger partial charge in [0.2, 0.25) is 0 Å². The van der Waals surface area contributed by atoms with Crippen LogP contribution in [0.2, 0.25) is 0 Å². The van der Waals surface area contributed by atoms with E-state index in [2.05, 4.69) is 10.1 Å². The third-order valence-corrected chi connectivity index (χ3v) is 8.47. The van der Waals surface area contributed by atoms with Gasteiger partial charge in [0.1, 0.15) is 12.3 Å². The molecule has 1 fully saturated rings. The molecule has 0 spiro atoms. The molecule has 0 aliphatic carbocycles. The Labute approximate surface area is 220 Å². The Morgan fingerprint density at radius 3 is 2.54 bits per heavy atom. The second kappa shape index (κ2) is 13.3. The minimum Gasteiger partial charge on any atom is -0.462 e. The Morgan fingerprint density at radius 1 is 1.27 bits per heavy atom. The molecule has 14 heteroatoms. The number of aromatic nitrogens is 2. The summed E-state index contributed by atoms with van der Waals surface area (Å²) < 4.78 is 37.1. The van der Waals surface area contributed by atoms with E-state index in [1.807, 2.05) is 6.92 Å². The first-order valence-corrected chi connectivity index (χ1v) is 14.6. The molecular weight excluding hydrogens is 525 g/mol. The van der Waals surface area contributed by atoms with Crippen molar-refractivity contribution >= 4 is 30.6 Å². The molecule has 0 amide bonds. The van der Waals surface area contributed by atoms with Crippen LogP contribution < -0.4 is 16.3 Å². The minimum atomic E-state index is -4.01. The summed E-state index contributed by atoms with van der Waals surface area (Å²) in [5.41, 5.74) is -1.63. The standard InChI is InChI=1S/C23H38N3O9PS/c1-14(2)35-20(28)16(4)25-36(31,33-10-11-37-21(29)23(5,6)7)34-13-17-12-32-19(15(17)3)26-9-8-18(27)24-22(26)30/h8-9,14-17,19H,10-13H2,1-7H3,(H,25,31)(H,24,27,30)/t15-,16?,17?,19+,36?/m0/s1. The maximum absolute atomic E-state index is 13.6. The van der Waals surface area contributed by atoms with Crippen LogP contribution in [0.3, 0.4) is 0 Å². The van der Waals surface area contributed by atoms with Crippen LogP contribution in [-0.2, 0) is 32.7 Å². The molecule has 0 aromatic carbocycles. The van der Waals surface area contributed by atoms with Crippen LogP contribution in [0, 0.1) is 17.3 Å². The molecule has 1 aromatic heterocycles. The molecular formula is C23H38N3O9PS. The summed E-state index contributed by atoms with van der Waals surface area (Å²) in [6.45, 7) is 12.2. The van der Waals surface area contributed by atoms with Crippen molar-refractivity contribution in [1.82, 2.24) is 14.6 Å². The Hall–Kier alpha value is -1.76. The first-order valence-electron chi connectivity index (χ1n) is 12.1. The van der Waals surface area contributed by atoms with Crippen LogP contribution in [0.25, 0.3) is 0 Å². The van der Waals surface area contributed by atoms with Crippen LogP contribution in [0.15, 0.2) is 21.9 Å². The topological polar surface area (TPSA) is 155 Å². The van der Waals surface area contributed by atoms with Crippen LogP contribution in [0.1, 0.15) is 54.7 Å². The van der Waals surface area contributed by atoms with E-state index in [0.717, 1.165) is 11.8 Å². The molecule has 1 aromatic rings. The summed E-state index contributed by atoms with van der Waals surface area (Å²) in [4.78, 5) is 50.2. The van der Waals surface area contributed by atoms with Gasteiger partial charge in [-0.05, 0) is 20.8 Å². The predicted octanol–water partition coefficient (Wildman–Crippen LogP) is 2.69. The van der Waals surface area contributed by atoms with Gasteiger partial charge in [-0.1, -0.05) is 39.5 Å². The van der Waals surface area contributed by atoms with Crippen LogP contribution in [0.4, 0.5) is 0 Å². The zero-order valence-corrected chi connectivity index (χ0v) is 24.1. The molecule has 1 aliphatic rings. The van der Waals surface area contributed by atoms with Crippen molar-refractivity contribution in [3.63, 3.8) is 0 Å². The number of carbonyl (C=O) groups excluding carboxylic acids is 2. The molecule has 3 unspecified atom stereocenters. The number of aromatic amines is 1. The van der Waals surface area contributed by atoms with Crippen LogP contribution in [-0.4, -0.2) is 58.4 Å². The number of carbonyl (C=O) groups is 2. The maximum Gasteiger partial charge on any atom is 0.406 e. The summed E-state index contributed by atoms with van der Waals surface area (Å²) in [6, 6.07) is 0.245. The molecule has 1 aliphatic heterocycles. The third-order valence-electron chi connectivity index (χ3n) is 5.51. The molecule has 37 heavy (non-hydrogen) atoms. The lowest BCUT2D eigenvalue weighted by molar-refractivity contribution is -0.149. The van der Waals surface area contributed by atoms with Gasteiger partial charge in [0.15, 0.2) is 5.12 Å². The van der Waals surface area contributed by atoms with Crippen molar-refractivity contribution in [3.8, 4) is 0 Å². The highest BCUT2D eigenvalue weighted by molar-refractivity contribution is 8.13. The number of thioether (sulfide) groups is 1.